The van der Waals surface area contributed by atoms with E-state index in [4.69, 9.17) is 5.26 Å². The summed E-state index contributed by atoms with van der Waals surface area (Å²) < 4.78 is 0. The van der Waals surface area contributed by atoms with E-state index < -0.39 is 4.92 Å². The zero-order valence-corrected chi connectivity index (χ0v) is 10.6. The van der Waals surface area contributed by atoms with Crippen LogP contribution < -0.4 is 10.6 Å². The Balaban J connectivity index is 2.11. The van der Waals surface area contributed by atoms with Gasteiger partial charge in [-0.3, -0.25) is 10.1 Å². The molecule has 2 N–H and O–H groups in total. The number of para-hydroxylation sites is 1. The van der Waals surface area contributed by atoms with Gasteiger partial charge < -0.3 is 10.6 Å². The molecule has 0 aromatic heterocycles. The van der Waals surface area contributed by atoms with Gasteiger partial charge in [0, 0.05) is 12.6 Å². The van der Waals surface area contributed by atoms with Gasteiger partial charge in [-0.15, -0.1) is 0 Å². The number of hydrogen-bond acceptors (Lipinski definition) is 5. The van der Waals surface area contributed by atoms with Crippen LogP contribution in [0.4, 0.5) is 11.4 Å². The fourth-order valence-electron chi connectivity index (χ4n) is 2.30. The van der Waals surface area contributed by atoms with Crippen molar-refractivity contribution in [2.75, 3.05) is 18.4 Å². The fraction of sp³-hybridized carbons (Fsp3) is 0.462. The minimum absolute atomic E-state index is 0.0894. The SMILES string of the molecule is N#Cc1cccc(NCC2CCCCN2)c1[N+](=O)[O-]. The van der Waals surface area contributed by atoms with E-state index in [1.54, 1.807) is 12.1 Å². The second kappa shape index (κ2) is 6.16. The summed E-state index contributed by atoms with van der Waals surface area (Å²) >= 11 is 0. The molecule has 1 heterocycles. The summed E-state index contributed by atoms with van der Waals surface area (Å²) in [6, 6.07) is 6.95. The molecule has 1 saturated heterocycles. The Morgan fingerprint density at radius 1 is 1.53 bits per heavy atom. The van der Waals surface area contributed by atoms with Crippen molar-refractivity contribution in [2.24, 2.45) is 0 Å². The summed E-state index contributed by atoms with van der Waals surface area (Å²) in [4.78, 5) is 10.5. The minimum atomic E-state index is -0.505. The average Bonchev–Trinajstić information content (AvgIpc) is 2.45. The maximum absolute atomic E-state index is 11.1. The third-order valence-electron chi connectivity index (χ3n) is 3.29. The molecule has 1 aromatic carbocycles. The van der Waals surface area contributed by atoms with Crippen molar-refractivity contribution < 1.29 is 4.92 Å². The van der Waals surface area contributed by atoms with Gasteiger partial charge >= 0.3 is 5.69 Å². The first-order valence-corrected chi connectivity index (χ1v) is 6.37. The Bertz CT molecular complexity index is 504. The minimum Gasteiger partial charge on any atom is -0.378 e. The van der Waals surface area contributed by atoms with E-state index in [9.17, 15) is 10.1 Å². The number of piperidine rings is 1. The highest BCUT2D eigenvalue weighted by Crippen LogP contribution is 2.28. The quantitative estimate of drug-likeness (QED) is 0.638. The zero-order valence-electron chi connectivity index (χ0n) is 10.6. The third-order valence-corrected chi connectivity index (χ3v) is 3.29. The number of nitrogens with zero attached hydrogens (tertiary/aromatic N) is 2. The molecule has 0 radical (unpaired) electrons. The Morgan fingerprint density at radius 2 is 2.37 bits per heavy atom. The maximum Gasteiger partial charge on any atom is 0.309 e. The van der Waals surface area contributed by atoms with Crippen molar-refractivity contribution in [2.45, 2.75) is 25.3 Å². The summed E-state index contributed by atoms with van der Waals surface area (Å²) in [6.07, 6.45) is 3.43. The summed E-state index contributed by atoms with van der Waals surface area (Å²) in [6.45, 7) is 1.63. The van der Waals surface area contributed by atoms with Gasteiger partial charge in [0.05, 0.1) is 4.92 Å². The Hall–Kier alpha value is -2.13. The number of nitro groups is 1. The highest BCUT2D eigenvalue weighted by molar-refractivity contribution is 5.68. The second-order valence-corrected chi connectivity index (χ2v) is 4.60. The molecule has 2 rings (SSSR count). The van der Waals surface area contributed by atoms with Crippen LogP contribution in [0.2, 0.25) is 0 Å². The van der Waals surface area contributed by atoms with E-state index in [-0.39, 0.29) is 11.3 Å². The predicted molar refractivity (Wildman–Crippen MR) is 71.9 cm³/mol. The monoisotopic (exact) mass is 260 g/mol. The maximum atomic E-state index is 11.1. The van der Waals surface area contributed by atoms with Crippen LogP contribution in [-0.4, -0.2) is 24.1 Å². The second-order valence-electron chi connectivity index (χ2n) is 4.60. The summed E-state index contributed by atoms with van der Waals surface area (Å²) in [5.41, 5.74) is 0.365. The van der Waals surface area contributed by atoms with Gasteiger partial charge in [0.1, 0.15) is 17.3 Å². The van der Waals surface area contributed by atoms with E-state index in [0.717, 1.165) is 13.0 Å². The van der Waals surface area contributed by atoms with E-state index >= 15 is 0 Å². The van der Waals surface area contributed by atoms with E-state index in [1.165, 1.54) is 18.9 Å². The first kappa shape index (κ1) is 13.3. The Morgan fingerprint density at radius 3 is 3.00 bits per heavy atom. The van der Waals surface area contributed by atoms with Crippen molar-refractivity contribution >= 4 is 11.4 Å². The van der Waals surface area contributed by atoms with Gasteiger partial charge in [0.15, 0.2) is 0 Å². The lowest BCUT2D eigenvalue weighted by molar-refractivity contribution is -0.384. The molecule has 0 aliphatic carbocycles. The lowest BCUT2D eigenvalue weighted by Gasteiger charge is -2.24. The topological polar surface area (TPSA) is 91.0 Å². The zero-order chi connectivity index (χ0) is 13.7. The Kier molecular flexibility index (Phi) is 4.31. The molecule has 1 fully saturated rings. The van der Waals surface area contributed by atoms with Crippen molar-refractivity contribution in [3.05, 3.63) is 33.9 Å². The van der Waals surface area contributed by atoms with Gasteiger partial charge in [-0.2, -0.15) is 5.26 Å². The number of rotatable bonds is 4. The molecule has 1 aliphatic heterocycles. The summed E-state index contributed by atoms with van der Waals surface area (Å²) in [5, 5.41) is 26.4. The molecule has 0 saturated carbocycles. The van der Waals surface area contributed by atoms with Crippen molar-refractivity contribution in [1.82, 2.24) is 5.32 Å². The molecule has 1 aliphatic rings. The molecule has 6 heteroatoms. The third kappa shape index (κ3) is 3.20. The number of hydrogen-bond donors (Lipinski definition) is 2. The van der Waals surface area contributed by atoms with E-state index in [1.807, 2.05) is 6.07 Å². The van der Waals surface area contributed by atoms with E-state index in [0.29, 0.717) is 18.3 Å². The van der Waals surface area contributed by atoms with Crippen LogP contribution >= 0.6 is 0 Å². The summed E-state index contributed by atoms with van der Waals surface area (Å²) in [5.74, 6) is 0. The highest BCUT2D eigenvalue weighted by Gasteiger charge is 2.20. The molecule has 100 valence electrons. The smallest absolute Gasteiger partial charge is 0.309 e. The lowest BCUT2D eigenvalue weighted by Crippen LogP contribution is -2.39. The molecule has 0 bridgehead atoms. The fourth-order valence-corrected chi connectivity index (χ4v) is 2.30. The van der Waals surface area contributed by atoms with Gasteiger partial charge in [-0.1, -0.05) is 12.5 Å². The normalized spacial score (nSPS) is 18.6. The molecule has 0 spiro atoms. The van der Waals surface area contributed by atoms with Crippen LogP contribution in [-0.2, 0) is 0 Å². The lowest BCUT2D eigenvalue weighted by atomic mass is 10.0. The van der Waals surface area contributed by atoms with Crippen molar-refractivity contribution in [3.63, 3.8) is 0 Å². The predicted octanol–water partition coefficient (Wildman–Crippen LogP) is 2.02. The number of nitrogens with one attached hydrogen (secondary N) is 2. The summed E-state index contributed by atoms with van der Waals surface area (Å²) in [7, 11) is 0. The first-order valence-electron chi connectivity index (χ1n) is 6.37. The molecular weight excluding hydrogens is 244 g/mol. The molecule has 6 nitrogen and oxygen atoms in total. The van der Waals surface area contributed by atoms with Gasteiger partial charge in [0.2, 0.25) is 0 Å². The number of anilines is 1. The Labute approximate surface area is 111 Å². The van der Waals surface area contributed by atoms with Gasteiger partial charge in [0.25, 0.3) is 0 Å². The first-order chi connectivity index (χ1) is 9.22. The van der Waals surface area contributed by atoms with E-state index in [2.05, 4.69) is 10.6 Å². The standard InChI is InChI=1S/C13H16N4O2/c14-8-10-4-3-6-12(13(10)17(18)19)16-9-11-5-1-2-7-15-11/h3-4,6,11,15-16H,1-2,5,7,9H2. The molecule has 1 aromatic rings. The molecule has 19 heavy (non-hydrogen) atoms. The van der Waals surface area contributed by atoms with Crippen LogP contribution in [0.15, 0.2) is 18.2 Å². The number of benzene rings is 1. The van der Waals surface area contributed by atoms with Gasteiger partial charge in [-0.05, 0) is 31.5 Å². The number of nitro benzene ring substituents is 1. The highest BCUT2D eigenvalue weighted by atomic mass is 16.6. The largest absolute Gasteiger partial charge is 0.378 e. The van der Waals surface area contributed by atoms with Crippen LogP contribution in [0.1, 0.15) is 24.8 Å². The van der Waals surface area contributed by atoms with Crippen LogP contribution in [0, 0.1) is 21.4 Å². The molecule has 0 amide bonds. The van der Waals surface area contributed by atoms with Crippen molar-refractivity contribution in [1.29, 1.82) is 5.26 Å². The molecule has 1 unspecified atom stereocenters. The van der Waals surface area contributed by atoms with Gasteiger partial charge in [-0.25, -0.2) is 0 Å². The van der Waals surface area contributed by atoms with Crippen LogP contribution in [0.5, 0.6) is 0 Å². The van der Waals surface area contributed by atoms with Crippen molar-refractivity contribution in [3.8, 4) is 6.07 Å². The van der Waals surface area contributed by atoms with Crippen LogP contribution in [0.25, 0.3) is 0 Å². The van der Waals surface area contributed by atoms with Crippen LogP contribution in [0.3, 0.4) is 0 Å². The average molecular weight is 260 g/mol. The molecule has 1 atom stereocenters. The molecular formula is C13H16N4O2. The number of nitriles is 1.